The Balaban J connectivity index is 2.39. The third-order valence-electron chi connectivity index (χ3n) is 3.09. The van der Waals surface area contributed by atoms with Crippen LogP contribution in [-0.4, -0.2) is 8.48 Å². The zero-order chi connectivity index (χ0) is 11.3. The number of rotatable bonds is 2. The predicted molar refractivity (Wildman–Crippen MR) is 68.7 cm³/mol. The van der Waals surface area contributed by atoms with Gasteiger partial charge in [0.25, 0.3) is 0 Å². The summed E-state index contributed by atoms with van der Waals surface area (Å²) < 4.78 is -0.410. The van der Waals surface area contributed by atoms with Crippen LogP contribution in [0.25, 0.3) is 0 Å². The molecule has 80 valence electrons. The Labute approximate surface area is 110 Å². The van der Waals surface area contributed by atoms with E-state index in [0.717, 1.165) is 5.56 Å². The quantitative estimate of drug-likeness (QED) is 0.580. The van der Waals surface area contributed by atoms with Crippen LogP contribution in [0.2, 0.25) is 0 Å². The molecule has 0 radical (unpaired) electrons. The van der Waals surface area contributed by atoms with E-state index in [0.29, 0.717) is 0 Å². The molecule has 0 aliphatic heterocycles. The van der Waals surface area contributed by atoms with Crippen LogP contribution >= 0.6 is 43.5 Å². The van der Waals surface area contributed by atoms with Crippen LogP contribution in [0.3, 0.4) is 0 Å². The molecule has 2 unspecified atom stereocenters. The number of benzene rings is 1. The topological polar surface area (TPSA) is 17.1 Å². The smallest absolute Gasteiger partial charge is 0.230 e. The van der Waals surface area contributed by atoms with Crippen LogP contribution in [0.1, 0.15) is 18.4 Å². The lowest BCUT2D eigenvalue weighted by atomic mass is 10.0. The number of carbonyl (C=O) groups is 1. The number of carbonyl (C=O) groups excluding carboxylic acids is 1. The van der Waals surface area contributed by atoms with Crippen LogP contribution in [0.5, 0.6) is 0 Å². The van der Waals surface area contributed by atoms with Crippen molar-refractivity contribution in [2.45, 2.75) is 16.1 Å². The van der Waals surface area contributed by atoms with E-state index in [1.807, 2.05) is 37.3 Å². The number of hydrogen-bond acceptors (Lipinski definition) is 1. The molecule has 0 bridgehead atoms. The molecule has 15 heavy (non-hydrogen) atoms. The minimum atomic E-state index is -0.574. The Bertz CT molecular complexity index is 404. The van der Waals surface area contributed by atoms with Crippen molar-refractivity contribution in [1.29, 1.82) is 0 Å². The van der Waals surface area contributed by atoms with Gasteiger partial charge < -0.3 is 0 Å². The number of halogens is 3. The molecule has 0 heterocycles. The van der Waals surface area contributed by atoms with Crippen LogP contribution in [0.15, 0.2) is 30.3 Å². The molecule has 1 saturated carbocycles. The van der Waals surface area contributed by atoms with Gasteiger partial charge in [-0.1, -0.05) is 62.2 Å². The molecule has 1 aromatic carbocycles. The molecule has 0 aromatic heterocycles. The first-order valence-electron chi connectivity index (χ1n) is 4.55. The summed E-state index contributed by atoms with van der Waals surface area (Å²) in [4.78, 5) is 11.4. The minimum absolute atomic E-state index is 0.0798. The lowest BCUT2D eigenvalue weighted by Gasteiger charge is -2.04. The lowest BCUT2D eigenvalue weighted by molar-refractivity contribution is -0.115. The van der Waals surface area contributed by atoms with E-state index >= 15 is 0 Å². The summed E-state index contributed by atoms with van der Waals surface area (Å²) in [5.41, 5.74) is 0.540. The maximum atomic E-state index is 11.4. The second-order valence-corrected chi connectivity index (χ2v) is 7.85. The monoisotopic (exact) mass is 350 g/mol. The van der Waals surface area contributed by atoms with Gasteiger partial charge in [0.2, 0.25) is 5.24 Å². The van der Waals surface area contributed by atoms with Crippen molar-refractivity contribution in [3.05, 3.63) is 35.9 Å². The van der Waals surface area contributed by atoms with E-state index < -0.39 is 8.65 Å². The van der Waals surface area contributed by atoms with Crippen LogP contribution < -0.4 is 0 Å². The highest BCUT2D eigenvalue weighted by Gasteiger charge is 2.76. The average Bonchev–Trinajstić information content (AvgIpc) is 2.64. The van der Waals surface area contributed by atoms with E-state index in [1.165, 1.54) is 0 Å². The summed E-state index contributed by atoms with van der Waals surface area (Å²) in [6, 6.07) is 9.89. The highest BCUT2D eigenvalue weighted by molar-refractivity contribution is 9.25. The lowest BCUT2D eigenvalue weighted by Crippen LogP contribution is -2.11. The summed E-state index contributed by atoms with van der Waals surface area (Å²) in [7, 11) is 0. The van der Waals surface area contributed by atoms with Crippen LogP contribution in [0.4, 0.5) is 0 Å². The molecule has 0 spiro atoms. The average molecular weight is 352 g/mol. The molecule has 4 heteroatoms. The summed E-state index contributed by atoms with van der Waals surface area (Å²) in [6.45, 7) is 1.86. The summed E-state index contributed by atoms with van der Waals surface area (Å²) in [5, 5.41) is -0.315. The van der Waals surface area contributed by atoms with E-state index in [1.54, 1.807) is 0 Å². The standard InChI is InChI=1S/C11H9Br2ClO/c1-10(9(14)15)8(11(10,12)13)7-5-3-2-4-6-7/h2-6,8H,1H3. The van der Waals surface area contributed by atoms with Gasteiger partial charge in [0.1, 0.15) is 3.23 Å². The third kappa shape index (κ3) is 1.51. The Morgan fingerprint density at radius 2 is 1.87 bits per heavy atom. The van der Waals surface area contributed by atoms with Gasteiger partial charge in [0, 0.05) is 5.92 Å². The van der Waals surface area contributed by atoms with Gasteiger partial charge in [-0.3, -0.25) is 4.79 Å². The Hall–Kier alpha value is 0.140. The first kappa shape index (κ1) is 11.6. The van der Waals surface area contributed by atoms with E-state index in [-0.39, 0.29) is 11.2 Å². The van der Waals surface area contributed by atoms with Gasteiger partial charge >= 0.3 is 0 Å². The van der Waals surface area contributed by atoms with Gasteiger partial charge in [0.15, 0.2) is 0 Å². The van der Waals surface area contributed by atoms with Gasteiger partial charge in [-0.05, 0) is 24.1 Å². The predicted octanol–water partition coefficient (Wildman–Crippen LogP) is 4.04. The highest BCUT2D eigenvalue weighted by atomic mass is 79.9. The summed E-state index contributed by atoms with van der Waals surface area (Å²) >= 11 is 12.7. The Morgan fingerprint density at radius 1 is 1.33 bits per heavy atom. The molecular weight excluding hydrogens is 343 g/mol. The molecule has 1 fully saturated rings. The molecule has 1 aliphatic carbocycles. The molecule has 0 saturated heterocycles. The van der Waals surface area contributed by atoms with E-state index in [9.17, 15) is 4.79 Å². The van der Waals surface area contributed by atoms with Crippen molar-refractivity contribution in [3.63, 3.8) is 0 Å². The molecule has 0 N–H and O–H groups in total. The van der Waals surface area contributed by atoms with E-state index in [4.69, 9.17) is 11.6 Å². The van der Waals surface area contributed by atoms with Crippen molar-refractivity contribution in [2.75, 3.05) is 0 Å². The SMILES string of the molecule is CC1(C(=O)Cl)C(c2ccccc2)C1(Br)Br. The van der Waals surface area contributed by atoms with Crippen molar-refractivity contribution >= 4 is 48.7 Å². The number of alkyl halides is 2. The Kier molecular flexibility index (Phi) is 2.77. The maximum Gasteiger partial charge on any atom is 0.230 e. The highest BCUT2D eigenvalue weighted by Crippen LogP contribution is 2.76. The number of hydrogen-bond donors (Lipinski definition) is 0. The molecule has 2 atom stereocenters. The van der Waals surface area contributed by atoms with Gasteiger partial charge in [-0.15, -0.1) is 0 Å². The Morgan fingerprint density at radius 3 is 2.27 bits per heavy atom. The second-order valence-electron chi connectivity index (χ2n) is 3.94. The zero-order valence-corrected chi connectivity index (χ0v) is 11.9. The fourth-order valence-electron chi connectivity index (χ4n) is 1.96. The van der Waals surface area contributed by atoms with Crippen LogP contribution in [-0.2, 0) is 4.79 Å². The zero-order valence-electron chi connectivity index (χ0n) is 8.01. The molecule has 1 nitrogen and oxygen atoms in total. The van der Waals surface area contributed by atoms with E-state index in [2.05, 4.69) is 31.9 Å². The molecule has 2 rings (SSSR count). The third-order valence-corrected chi connectivity index (χ3v) is 6.05. The molecule has 0 amide bonds. The first-order chi connectivity index (χ1) is 6.92. The van der Waals surface area contributed by atoms with Crippen LogP contribution in [0, 0.1) is 5.41 Å². The van der Waals surface area contributed by atoms with Crippen molar-refractivity contribution < 1.29 is 4.79 Å². The summed E-state index contributed by atoms with van der Waals surface area (Å²) in [6.07, 6.45) is 0. The fraction of sp³-hybridized carbons (Fsp3) is 0.364. The van der Waals surface area contributed by atoms with Gasteiger partial charge in [-0.25, -0.2) is 0 Å². The second kappa shape index (κ2) is 3.57. The van der Waals surface area contributed by atoms with Crippen molar-refractivity contribution in [3.8, 4) is 0 Å². The largest absolute Gasteiger partial charge is 0.281 e. The fourth-order valence-corrected chi connectivity index (χ4v) is 4.48. The van der Waals surface area contributed by atoms with Gasteiger partial charge in [0.05, 0.1) is 5.41 Å². The first-order valence-corrected chi connectivity index (χ1v) is 6.51. The maximum absolute atomic E-state index is 11.4. The van der Waals surface area contributed by atoms with Gasteiger partial charge in [-0.2, -0.15) is 0 Å². The van der Waals surface area contributed by atoms with Crippen molar-refractivity contribution in [2.24, 2.45) is 5.41 Å². The normalized spacial score (nSPS) is 32.4. The van der Waals surface area contributed by atoms with Crippen molar-refractivity contribution in [1.82, 2.24) is 0 Å². The summed E-state index contributed by atoms with van der Waals surface area (Å²) in [5.74, 6) is 0.0798. The molecule has 1 aliphatic rings. The molecular formula is C11H9Br2ClO. The minimum Gasteiger partial charge on any atom is -0.281 e. The molecule has 1 aromatic rings.